The second kappa shape index (κ2) is 5.30. The van der Waals surface area contributed by atoms with Gasteiger partial charge in [-0.25, -0.2) is 0 Å². The Bertz CT molecular complexity index is 381. The van der Waals surface area contributed by atoms with E-state index >= 15 is 0 Å². The van der Waals surface area contributed by atoms with E-state index in [9.17, 15) is 9.59 Å². The zero-order chi connectivity index (χ0) is 12.1. The number of aromatic hydroxyl groups is 1. The van der Waals surface area contributed by atoms with Crippen LogP contribution in [0, 0.1) is 5.92 Å². The molecule has 0 spiro atoms. The molecule has 0 fully saturated rings. The van der Waals surface area contributed by atoms with Gasteiger partial charge in [0.1, 0.15) is 12.4 Å². The van der Waals surface area contributed by atoms with Crippen molar-refractivity contribution in [3.63, 3.8) is 0 Å². The Morgan fingerprint density at radius 2 is 1.88 bits per heavy atom. The highest BCUT2D eigenvalue weighted by Gasteiger charge is 2.16. The molecule has 1 N–H and O–H groups in total. The van der Waals surface area contributed by atoms with Crippen LogP contribution < -0.4 is 0 Å². The van der Waals surface area contributed by atoms with Gasteiger partial charge in [0, 0.05) is 12.5 Å². The van der Waals surface area contributed by atoms with Crippen molar-refractivity contribution >= 4 is 11.8 Å². The number of rotatable bonds is 4. The minimum atomic E-state index is -0.398. The maximum atomic E-state index is 11.8. The number of carbonyl (C=O) groups is 2. The molecule has 0 amide bonds. The topological polar surface area (TPSA) is 63.6 Å². The smallest absolute Gasteiger partial charge is 0.302 e. The van der Waals surface area contributed by atoms with Crippen molar-refractivity contribution < 1.29 is 19.4 Å². The minimum Gasteiger partial charge on any atom is -0.508 e. The van der Waals surface area contributed by atoms with E-state index in [4.69, 9.17) is 9.84 Å². The third kappa shape index (κ3) is 3.38. The van der Waals surface area contributed by atoms with E-state index in [0.717, 1.165) is 0 Å². The number of ketones is 1. The minimum absolute atomic E-state index is 0.0784. The molecule has 4 nitrogen and oxygen atoms in total. The van der Waals surface area contributed by atoms with Crippen molar-refractivity contribution in [1.82, 2.24) is 0 Å². The molecule has 1 atom stereocenters. The van der Waals surface area contributed by atoms with Gasteiger partial charge in [-0.3, -0.25) is 9.59 Å². The molecule has 0 aromatic heterocycles. The van der Waals surface area contributed by atoms with Gasteiger partial charge < -0.3 is 9.84 Å². The largest absolute Gasteiger partial charge is 0.508 e. The van der Waals surface area contributed by atoms with Crippen molar-refractivity contribution in [2.24, 2.45) is 5.92 Å². The molecule has 4 heteroatoms. The van der Waals surface area contributed by atoms with Gasteiger partial charge in [0.25, 0.3) is 0 Å². The third-order valence-electron chi connectivity index (χ3n) is 2.14. The average molecular weight is 222 g/mol. The van der Waals surface area contributed by atoms with Crippen molar-refractivity contribution in [2.45, 2.75) is 13.8 Å². The standard InChI is InChI=1S/C12H14O4/c1-8(7-16-9(2)13)12(15)10-3-5-11(14)6-4-10/h3-6,8,14H,7H2,1-2H3. The molecule has 0 radical (unpaired) electrons. The Labute approximate surface area is 93.9 Å². The molecule has 0 aliphatic rings. The average Bonchev–Trinajstić information content (AvgIpc) is 2.26. The molecule has 1 rings (SSSR count). The monoisotopic (exact) mass is 222 g/mol. The fourth-order valence-electron chi connectivity index (χ4n) is 1.23. The van der Waals surface area contributed by atoms with Crippen LogP contribution >= 0.6 is 0 Å². The number of Topliss-reactive ketones (excluding diaryl/α,β-unsaturated/α-hetero) is 1. The number of hydrogen-bond acceptors (Lipinski definition) is 4. The summed E-state index contributed by atoms with van der Waals surface area (Å²) in [6.07, 6.45) is 0. The fourth-order valence-corrected chi connectivity index (χ4v) is 1.23. The van der Waals surface area contributed by atoms with Gasteiger partial charge in [0.15, 0.2) is 5.78 Å². The van der Waals surface area contributed by atoms with Gasteiger partial charge in [-0.1, -0.05) is 6.92 Å². The molecule has 0 aliphatic carbocycles. The van der Waals surface area contributed by atoms with Crippen molar-refractivity contribution in [3.8, 4) is 5.75 Å². The summed E-state index contributed by atoms with van der Waals surface area (Å²) in [4.78, 5) is 22.4. The first-order valence-electron chi connectivity index (χ1n) is 4.97. The predicted octanol–water partition coefficient (Wildman–Crippen LogP) is 1.77. The summed E-state index contributed by atoms with van der Waals surface area (Å²) < 4.78 is 4.76. The summed E-state index contributed by atoms with van der Waals surface area (Å²) in [5.74, 6) is -0.774. The quantitative estimate of drug-likeness (QED) is 0.623. The highest BCUT2D eigenvalue weighted by molar-refractivity contribution is 5.97. The van der Waals surface area contributed by atoms with E-state index in [-0.39, 0.29) is 24.1 Å². The van der Waals surface area contributed by atoms with E-state index in [1.54, 1.807) is 19.1 Å². The molecule has 1 unspecified atom stereocenters. The van der Waals surface area contributed by atoms with Crippen molar-refractivity contribution in [1.29, 1.82) is 0 Å². The Morgan fingerprint density at radius 3 is 2.38 bits per heavy atom. The van der Waals surface area contributed by atoms with Crippen molar-refractivity contribution in [2.75, 3.05) is 6.61 Å². The summed E-state index contributed by atoms with van der Waals surface area (Å²) in [5.41, 5.74) is 0.498. The molecule has 0 saturated heterocycles. The highest BCUT2D eigenvalue weighted by Crippen LogP contribution is 2.13. The fraction of sp³-hybridized carbons (Fsp3) is 0.333. The molecule has 86 valence electrons. The van der Waals surface area contributed by atoms with E-state index in [0.29, 0.717) is 5.56 Å². The van der Waals surface area contributed by atoms with Gasteiger partial charge in [0.2, 0.25) is 0 Å². The van der Waals surface area contributed by atoms with E-state index in [1.807, 2.05) is 0 Å². The van der Waals surface area contributed by atoms with Crippen LogP contribution in [0.2, 0.25) is 0 Å². The first kappa shape index (κ1) is 12.2. The molecule has 0 heterocycles. The van der Waals surface area contributed by atoms with Gasteiger partial charge in [-0.15, -0.1) is 0 Å². The Kier molecular flexibility index (Phi) is 4.05. The zero-order valence-electron chi connectivity index (χ0n) is 9.27. The van der Waals surface area contributed by atoms with Crippen LogP contribution in [0.5, 0.6) is 5.75 Å². The lowest BCUT2D eigenvalue weighted by molar-refractivity contribution is -0.141. The van der Waals surface area contributed by atoms with Crippen LogP contribution in [-0.4, -0.2) is 23.5 Å². The van der Waals surface area contributed by atoms with E-state index < -0.39 is 5.97 Å². The summed E-state index contributed by atoms with van der Waals surface area (Å²) >= 11 is 0. The van der Waals surface area contributed by atoms with Crippen LogP contribution in [0.15, 0.2) is 24.3 Å². The summed E-state index contributed by atoms with van der Waals surface area (Å²) in [5, 5.41) is 9.07. The van der Waals surface area contributed by atoms with Crippen LogP contribution in [0.1, 0.15) is 24.2 Å². The van der Waals surface area contributed by atoms with Crippen LogP contribution in [0.4, 0.5) is 0 Å². The van der Waals surface area contributed by atoms with E-state index in [1.165, 1.54) is 19.1 Å². The summed E-state index contributed by atoms with van der Waals surface area (Å²) in [7, 11) is 0. The zero-order valence-corrected chi connectivity index (χ0v) is 9.27. The van der Waals surface area contributed by atoms with Crippen LogP contribution in [0.25, 0.3) is 0 Å². The number of carbonyl (C=O) groups excluding carboxylic acids is 2. The summed E-state index contributed by atoms with van der Waals surface area (Å²) in [6.45, 7) is 3.07. The second-order valence-electron chi connectivity index (χ2n) is 3.61. The van der Waals surface area contributed by atoms with Gasteiger partial charge >= 0.3 is 5.97 Å². The number of benzene rings is 1. The second-order valence-corrected chi connectivity index (χ2v) is 3.61. The number of phenols is 1. The van der Waals surface area contributed by atoms with Gasteiger partial charge in [-0.2, -0.15) is 0 Å². The van der Waals surface area contributed by atoms with Crippen LogP contribution in [-0.2, 0) is 9.53 Å². The van der Waals surface area contributed by atoms with Crippen molar-refractivity contribution in [3.05, 3.63) is 29.8 Å². The van der Waals surface area contributed by atoms with Gasteiger partial charge in [-0.05, 0) is 24.3 Å². The molecule has 0 aliphatic heterocycles. The lowest BCUT2D eigenvalue weighted by Crippen LogP contribution is -2.18. The first-order valence-corrected chi connectivity index (χ1v) is 4.97. The number of ether oxygens (including phenoxy) is 1. The molecular formula is C12H14O4. The highest BCUT2D eigenvalue weighted by atomic mass is 16.5. The Morgan fingerprint density at radius 1 is 1.31 bits per heavy atom. The SMILES string of the molecule is CC(=O)OCC(C)C(=O)c1ccc(O)cc1. The van der Waals surface area contributed by atoms with E-state index in [2.05, 4.69) is 0 Å². The molecule has 1 aromatic carbocycles. The maximum Gasteiger partial charge on any atom is 0.302 e. The lowest BCUT2D eigenvalue weighted by Gasteiger charge is -2.10. The number of hydrogen-bond donors (Lipinski definition) is 1. The molecule has 0 bridgehead atoms. The Balaban J connectivity index is 2.63. The maximum absolute atomic E-state index is 11.8. The molecule has 0 saturated carbocycles. The predicted molar refractivity (Wildman–Crippen MR) is 58.2 cm³/mol. The summed E-state index contributed by atoms with van der Waals surface area (Å²) in [6, 6.07) is 5.99. The molecule has 1 aromatic rings. The van der Waals surface area contributed by atoms with Crippen LogP contribution in [0.3, 0.4) is 0 Å². The number of phenolic OH excluding ortho intramolecular Hbond substituents is 1. The molecular weight excluding hydrogens is 208 g/mol. The third-order valence-corrected chi connectivity index (χ3v) is 2.14. The lowest BCUT2D eigenvalue weighted by atomic mass is 10.0. The van der Waals surface area contributed by atoms with Gasteiger partial charge in [0.05, 0.1) is 5.92 Å². The number of esters is 1. The molecule has 16 heavy (non-hydrogen) atoms. The normalized spacial score (nSPS) is 11.9. The Hall–Kier alpha value is -1.84. The first-order chi connectivity index (χ1) is 7.50.